The highest BCUT2D eigenvalue weighted by atomic mass is 35.5. The molecule has 0 aromatic heterocycles. The van der Waals surface area contributed by atoms with Gasteiger partial charge in [0.15, 0.2) is 0 Å². The van der Waals surface area contributed by atoms with E-state index in [4.69, 9.17) is 27.9 Å². The molecule has 0 N–H and O–H groups in total. The molecule has 2 atom stereocenters. The van der Waals surface area contributed by atoms with Crippen LogP contribution >= 0.6 is 23.2 Å². The van der Waals surface area contributed by atoms with Crippen LogP contribution in [0.4, 0.5) is 4.79 Å². The first-order valence-electron chi connectivity index (χ1n) is 5.46. The van der Waals surface area contributed by atoms with Crippen LogP contribution in [0.1, 0.15) is 25.5 Å². The number of carbonyl (C=O) groups excluding carboxylic acids is 1. The fourth-order valence-corrected chi connectivity index (χ4v) is 2.65. The third-order valence-electron chi connectivity index (χ3n) is 2.95. The van der Waals surface area contributed by atoms with Gasteiger partial charge < -0.3 is 9.64 Å². The molecule has 3 nitrogen and oxygen atoms in total. The van der Waals surface area contributed by atoms with E-state index in [2.05, 4.69) is 0 Å². The molecule has 92 valence electrons. The topological polar surface area (TPSA) is 29.5 Å². The highest BCUT2D eigenvalue weighted by Crippen LogP contribution is 2.34. The van der Waals surface area contributed by atoms with Gasteiger partial charge in [0.1, 0.15) is 6.10 Å². The van der Waals surface area contributed by atoms with Crippen LogP contribution in [0, 0.1) is 0 Å². The molecule has 1 aliphatic rings. The summed E-state index contributed by atoms with van der Waals surface area (Å²) in [5.74, 6) is 0. The second-order valence-electron chi connectivity index (χ2n) is 4.03. The lowest BCUT2D eigenvalue weighted by Gasteiger charge is -2.19. The van der Waals surface area contributed by atoms with E-state index in [1.807, 2.05) is 13.8 Å². The number of nitrogens with zero attached hydrogens (tertiary/aromatic N) is 1. The second-order valence-corrected chi connectivity index (χ2v) is 4.91. The summed E-state index contributed by atoms with van der Waals surface area (Å²) in [5.41, 5.74) is 0.833. The van der Waals surface area contributed by atoms with Crippen molar-refractivity contribution < 1.29 is 9.53 Å². The molecule has 1 fully saturated rings. The van der Waals surface area contributed by atoms with Crippen molar-refractivity contribution in [1.29, 1.82) is 0 Å². The zero-order chi connectivity index (χ0) is 12.6. The van der Waals surface area contributed by atoms with Gasteiger partial charge in [-0.3, -0.25) is 0 Å². The number of rotatable bonds is 2. The van der Waals surface area contributed by atoms with Gasteiger partial charge >= 0.3 is 6.09 Å². The van der Waals surface area contributed by atoms with E-state index in [1.54, 1.807) is 23.1 Å². The molecule has 0 spiro atoms. The molecule has 0 bridgehead atoms. The standard InChI is InChI=1S/C12H13Cl2NO2/c1-3-15-7(2)11(17-12(15)16)8-4-9(13)6-10(14)5-8/h4-7,11H,3H2,1-2H3/t7-,11-/m1/s1. The summed E-state index contributed by atoms with van der Waals surface area (Å²) >= 11 is 11.9. The monoisotopic (exact) mass is 273 g/mol. The zero-order valence-electron chi connectivity index (χ0n) is 9.61. The van der Waals surface area contributed by atoms with E-state index >= 15 is 0 Å². The Hall–Kier alpha value is -0.930. The van der Waals surface area contributed by atoms with Crippen molar-refractivity contribution in [2.45, 2.75) is 26.0 Å². The van der Waals surface area contributed by atoms with Crippen molar-refractivity contribution in [1.82, 2.24) is 4.90 Å². The van der Waals surface area contributed by atoms with Crippen molar-refractivity contribution >= 4 is 29.3 Å². The number of hydrogen-bond acceptors (Lipinski definition) is 2. The summed E-state index contributed by atoms with van der Waals surface area (Å²) in [6.45, 7) is 4.50. The molecule has 1 heterocycles. The van der Waals surface area contributed by atoms with Crippen LogP contribution in [0.5, 0.6) is 0 Å². The number of halogens is 2. The van der Waals surface area contributed by atoms with Crippen molar-refractivity contribution in [2.24, 2.45) is 0 Å². The lowest BCUT2D eigenvalue weighted by atomic mass is 10.0. The maximum absolute atomic E-state index is 11.6. The Morgan fingerprint density at radius 3 is 2.35 bits per heavy atom. The Balaban J connectivity index is 2.32. The average molecular weight is 274 g/mol. The van der Waals surface area contributed by atoms with E-state index < -0.39 is 0 Å². The van der Waals surface area contributed by atoms with Gasteiger partial charge in [0.25, 0.3) is 0 Å². The van der Waals surface area contributed by atoms with Crippen LogP contribution in [0.3, 0.4) is 0 Å². The molecule has 0 radical (unpaired) electrons. The van der Waals surface area contributed by atoms with Crippen LogP contribution in [-0.4, -0.2) is 23.6 Å². The smallest absolute Gasteiger partial charge is 0.410 e. The van der Waals surface area contributed by atoms with Gasteiger partial charge in [0, 0.05) is 16.6 Å². The number of cyclic esters (lactones) is 1. The second kappa shape index (κ2) is 4.75. The Morgan fingerprint density at radius 2 is 1.88 bits per heavy atom. The van der Waals surface area contributed by atoms with Crippen molar-refractivity contribution in [3.8, 4) is 0 Å². The number of benzene rings is 1. The van der Waals surface area contributed by atoms with Gasteiger partial charge in [-0.05, 0) is 37.6 Å². The SMILES string of the molecule is CCN1C(=O)O[C@@H](c2cc(Cl)cc(Cl)c2)[C@H]1C. The van der Waals surface area contributed by atoms with Crippen LogP contribution < -0.4 is 0 Å². The molecular weight excluding hydrogens is 261 g/mol. The van der Waals surface area contributed by atoms with Gasteiger partial charge in [0.05, 0.1) is 6.04 Å². The fourth-order valence-electron chi connectivity index (χ4n) is 2.11. The quantitative estimate of drug-likeness (QED) is 0.818. The summed E-state index contributed by atoms with van der Waals surface area (Å²) in [6, 6.07) is 5.20. The molecule has 2 rings (SSSR count). The normalized spacial score (nSPS) is 24.0. The Labute approximate surface area is 110 Å². The maximum Gasteiger partial charge on any atom is 0.410 e. The van der Waals surface area contributed by atoms with E-state index in [0.717, 1.165) is 5.56 Å². The molecular formula is C12H13Cl2NO2. The third-order valence-corrected chi connectivity index (χ3v) is 3.38. The van der Waals surface area contributed by atoms with E-state index in [-0.39, 0.29) is 18.2 Å². The number of likely N-dealkylation sites (N-methyl/N-ethyl adjacent to an activating group) is 1. The van der Waals surface area contributed by atoms with Crippen LogP contribution in [0.2, 0.25) is 10.0 Å². The van der Waals surface area contributed by atoms with Gasteiger partial charge in [-0.25, -0.2) is 4.79 Å². The van der Waals surface area contributed by atoms with E-state index in [0.29, 0.717) is 16.6 Å². The lowest BCUT2D eigenvalue weighted by molar-refractivity contribution is 0.131. The van der Waals surface area contributed by atoms with Crippen LogP contribution in [0.15, 0.2) is 18.2 Å². The lowest BCUT2D eigenvalue weighted by Crippen LogP contribution is -2.31. The minimum Gasteiger partial charge on any atom is -0.439 e. The highest BCUT2D eigenvalue weighted by molar-refractivity contribution is 6.34. The molecule has 1 aliphatic heterocycles. The van der Waals surface area contributed by atoms with Gasteiger partial charge in [-0.1, -0.05) is 23.2 Å². The molecule has 0 unspecified atom stereocenters. The molecule has 1 aromatic carbocycles. The number of amides is 1. The maximum atomic E-state index is 11.6. The van der Waals surface area contributed by atoms with Crippen molar-refractivity contribution in [3.05, 3.63) is 33.8 Å². The molecule has 0 aliphatic carbocycles. The minimum atomic E-state index is -0.307. The molecule has 5 heteroatoms. The minimum absolute atomic E-state index is 0.0120. The molecule has 1 saturated heterocycles. The summed E-state index contributed by atoms with van der Waals surface area (Å²) in [5, 5.41) is 1.09. The third kappa shape index (κ3) is 2.35. The fraction of sp³-hybridized carbons (Fsp3) is 0.417. The first-order chi connectivity index (χ1) is 8.02. The Morgan fingerprint density at radius 1 is 1.29 bits per heavy atom. The Kier molecular flexibility index (Phi) is 3.50. The Bertz CT molecular complexity index is 430. The predicted molar refractivity (Wildman–Crippen MR) is 67.5 cm³/mol. The summed E-state index contributed by atoms with van der Waals surface area (Å²) in [6.07, 6.45) is -0.597. The van der Waals surface area contributed by atoms with Crippen LogP contribution in [0.25, 0.3) is 0 Å². The summed E-state index contributed by atoms with van der Waals surface area (Å²) in [4.78, 5) is 13.3. The number of carbonyl (C=O) groups is 1. The summed E-state index contributed by atoms with van der Waals surface area (Å²) in [7, 11) is 0. The molecule has 1 amide bonds. The average Bonchev–Trinajstić information content (AvgIpc) is 2.52. The number of ether oxygens (including phenoxy) is 1. The van der Waals surface area contributed by atoms with Crippen molar-refractivity contribution in [2.75, 3.05) is 6.54 Å². The molecule has 17 heavy (non-hydrogen) atoms. The van der Waals surface area contributed by atoms with E-state index in [9.17, 15) is 4.79 Å². The predicted octanol–water partition coefficient (Wildman–Crippen LogP) is 3.90. The molecule has 1 aromatic rings. The van der Waals surface area contributed by atoms with E-state index in [1.165, 1.54) is 0 Å². The first-order valence-corrected chi connectivity index (χ1v) is 6.21. The van der Waals surface area contributed by atoms with Gasteiger partial charge in [0.2, 0.25) is 0 Å². The molecule has 0 saturated carbocycles. The largest absolute Gasteiger partial charge is 0.439 e. The van der Waals surface area contributed by atoms with Crippen LogP contribution in [-0.2, 0) is 4.74 Å². The number of hydrogen-bond donors (Lipinski definition) is 0. The first kappa shape index (κ1) is 12.5. The highest BCUT2D eigenvalue weighted by Gasteiger charge is 2.38. The van der Waals surface area contributed by atoms with Crippen molar-refractivity contribution in [3.63, 3.8) is 0 Å². The van der Waals surface area contributed by atoms with Gasteiger partial charge in [-0.2, -0.15) is 0 Å². The zero-order valence-corrected chi connectivity index (χ0v) is 11.1. The summed E-state index contributed by atoms with van der Waals surface area (Å²) < 4.78 is 5.34. The van der Waals surface area contributed by atoms with Gasteiger partial charge in [-0.15, -0.1) is 0 Å².